The van der Waals surface area contributed by atoms with Crippen LogP contribution >= 0.6 is 12.6 Å². The highest BCUT2D eigenvalue weighted by atomic mass is 32.1. The van der Waals surface area contributed by atoms with E-state index in [1.165, 1.54) is 0 Å². The van der Waals surface area contributed by atoms with Crippen molar-refractivity contribution < 1.29 is 0 Å². The topological polar surface area (TPSA) is 17.8 Å². The first kappa shape index (κ1) is 7.66. The van der Waals surface area contributed by atoms with Gasteiger partial charge in [0, 0.05) is 11.1 Å². The summed E-state index contributed by atoms with van der Waals surface area (Å²) < 4.78 is 1.90. The van der Waals surface area contributed by atoms with Crippen LogP contribution in [0.5, 0.6) is 0 Å². The van der Waals surface area contributed by atoms with E-state index in [2.05, 4.69) is 38.5 Å². The zero-order valence-corrected chi connectivity index (χ0v) is 7.39. The van der Waals surface area contributed by atoms with Crippen LogP contribution in [0.3, 0.4) is 0 Å². The summed E-state index contributed by atoms with van der Waals surface area (Å²) in [5, 5.41) is 4.13. The first-order valence-corrected chi connectivity index (χ1v) is 3.69. The maximum absolute atomic E-state index is 4.15. The summed E-state index contributed by atoms with van der Waals surface area (Å²) in [5.41, 5.74) is 0.0704. The van der Waals surface area contributed by atoms with E-state index in [-0.39, 0.29) is 5.54 Å². The van der Waals surface area contributed by atoms with E-state index in [1.807, 2.05) is 10.9 Å². The molecule has 1 aromatic rings. The molecule has 1 heterocycles. The van der Waals surface area contributed by atoms with Crippen molar-refractivity contribution in [1.82, 2.24) is 9.78 Å². The third kappa shape index (κ3) is 1.53. The number of nitrogens with zero attached hydrogens (tertiary/aromatic N) is 2. The molecular weight excluding hydrogens is 144 g/mol. The molecule has 0 atom stereocenters. The Hall–Kier alpha value is -0.440. The summed E-state index contributed by atoms with van der Waals surface area (Å²) >= 11 is 4.15. The van der Waals surface area contributed by atoms with Gasteiger partial charge in [-0.25, -0.2) is 0 Å². The lowest BCUT2D eigenvalue weighted by atomic mass is 10.1. The molecule has 3 heteroatoms. The van der Waals surface area contributed by atoms with Crippen LogP contribution < -0.4 is 0 Å². The van der Waals surface area contributed by atoms with Crippen molar-refractivity contribution >= 4 is 12.6 Å². The van der Waals surface area contributed by atoms with Gasteiger partial charge >= 0.3 is 0 Å². The molecule has 0 amide bonds. The van der Waals surface area contributed by atoms with Crippen LogP contribution in [0, 0.1) is 0 Å². The van der Waals surface area contributed by atoms with Crippen molar-refractivity contribution in [2.24, 2.45) is 0 Å². The highest BCUT2D eigenvalue weighted by Gasteiger charge is 2.12. The Morgan fingerprint density at radius 2 is 2.10 bits per heavy atom. The lowest BCUT2D eigenvalue weighted by molar-refractivity contribution is 0.355. The van der Waals surface area contributed by atoms with Crippen LogP contribution in [0.4, 0.5) is 0 Å². The van der Waals surface area contributed by atoms with E-state index in [4.69, 9.17) is 0 Å². The maximum atomic E-state index is 4.15. The van der Waals surface area contributed by atoms with Crippen molar-refractivity contribution in [3.8, 4) is 0 Å². The highest BCUT2D eigenvalue weighted by molar-refractivity contribution is 7.80. The van der Waals surface area contributed by atoms with Crippen molar-refractivity contribution in [1.29, 1.82) is 0 Å². The fourth-order valence-corrected chi connectivity index (χ4v) is 0.841. The smallest absolute Gasteiger partial charge is 0.0623 e. The van der Waals surface area contributed by atoms with Gasteiger partial charge in [-0.15, -0.1) is 12.6 Å². The minimum Gasteiger partial charge on any atom is -0.266 e. The summed E-state index contributed by atoms with van der Waals surface area (Å²) in [6.07, 6.45) is 3.66. The zero-order chi connectivity index (χ0) is 7.78. The predicted octanol–water partition coefficient (Wildman–Crippen LogP) is 1.93. The summed E-state index contributed by atoms with van der Waals surface area (Å²) in [5.74, 6) is 0. The summed E-state index contributed by atoms with van der Waals surface area (Å²) in [6, 6.07) is 0. The minimum absolute atomic E-state index is 0.0704. The Kier molecular flexibility index (Phi) is 1.77. The van der Waals surface area contributed by atoms with Crippen molar-refractivity contribution in [2.75, 3.05) is 0 Å². The van der Waals surface area contributed by atoms with Gasteiger partial charge in [-0.3, -0.25) is 4.68 Å². The zero-order valence-electron chi connectivity index (χ0n) is 6.50. The molecule has 0 fully saturated rings. The molecular formula is C7H12N2S. The highest BCUT2D eigenvalue weighted by Crippen LogP contribution is 2.14. The van der Waals surface area contributed by atoms with Gasteiger partial charge < -0.3 is 0 Å². The third-order valence-electron chi connectivity index (χ3n) is 1.26. The molecule has 0 N–H and O–H groups in total. The second kappa shape index (κ2) is 2.31. The van der Waals surface area contributed by atoms with Gasteiger partial charge in [0.15, 0.2) is 0 Å². The average molecular weight is 156 g/mol. The molecule has 56 valence electrons. The number of aromatic nitrogens is 2. The van der Waals surface area contributed by atoms with Gasteiger partial charge in [0.25, 0.3) is 0 Å². The van der Waals surface area contributed by atoms with Crippen molar-refractivity contribution in [3.63, 3.8) is 0 Å². The molecule has 0 spiro atoms. The van der Waals surface area contributed by atoms with Crippen LogP contribution in [0.2, 0.25) is 0 Å². The molecule has 1 rings (SSSR count). The Bertz CT molecular complexity index is 222. The van der Waals surface area contributed by atoms with Crippen LogP contribution in [0.1, 0.15) is 20.8 Å². The van der Waals surface area contributed by atoms with Gasteiger partial charge in [0.2, 0.25) is 0 Å². The number of thiol groups is 1. The van der Waals surface area contributed by atoms with E-state index in [1.54, 1.807) is 6.20 Å². The summed E-state index contributed by atoms with van der Waals surface area (Å²) in [6.45, 7) is 6.31. The first-order valence-electron chi connectivity index (χ1n) is 3.24. The molecule has 0 bridgehead atoms. The van der Waals surface area contributed by atoms with E-state index in [0.29, 0.717) is 0 Å². The lowest BCUT2D eigenvalue weighted by Crippen LogP contribution is -2.21. The van der Waals surface area contributed by atoms with Crippen LogP contribution in [0.25, 0.3) is 0 Å². The molecule has 10 heavy (non-hydrogen) atoms. The first-order chi connectivity index (χ1) is 4.50. The van der Waals surface area contributed by atoms with Crippen LogP contribution in [-0.4, -0.2) is 9.78 Å². The summed E-state index contributed by atoms with van der Waals surface area (Å²) in [4.78, 5) is 0.912. The van der Waals surface area contributed by atoms with E-state index < -0.39 is 0 Å². The number of rotatable bonds is 0. The minimum atomic E-state index is 0.0704. The van der Waals surface area contributed by atoms with E-state index >= 15 is 0 Å². The second-order valence-corrected chi connectivity index (χ2v) is 3.83. The standard InChI is InChI=1S/C7H12N2S/c1-7(2,3)9-5-6(10)4-8-9/h4-5,10H,1-3H3. The largest absolute Gasteiger partial charge is 0.266 e. The Balaban J connectivity index is 2.96. The van der Waals surface area contributed by atoms with Gasteiger partial charge in [-0.05, 0) is 20.8 Å². The summed E-state index contributed by atoms with van der Waals surface area (Å²) in [7, 11) is 0. The van der Waals surface area contributed by atoms with Gasteiger partial charge in [-0.2, -0.15) is 5.10 Å². The average Bonchev–Trinajstić information content (AvgIpc) is 2.11. The van der Waals surface area contributed by atoms with Gasteiger partial charge in [0.1, 0.15) is 0 Å². The lowest BCUT2D eigenvalue weighted by Gasteiger charge is -2.18. The molecule has 1 aromatic heterocycles. The van der Waals surface area contributed by atoms with Crippen LogP contribution in [-0.2, 0) is 5.54 Å². The molecule has 0 aliphatic heterocycles. The van der Waals surface area contributed by atoms with Gasteiger partial charge in [-0.1, -0.05) is 0 Å². The molecule has 2 nitrogen and oxygen atoms in total. The fraction of sp³-hybridized carbons (Fsp3) is 0.571. The SMILES string of the molecule is CC(C)(C)n1cc(S)cn1. The van der Waals surface area contributed by atoms with Gasteiger partial charge in [0.05, 0.1) is 11.7 Å². The maximum Gasteiger partial charge on any atom is 0.0623 e. The Labute approximate surface area is 66.7 Å². The Morgan fingerprint density at radius 3 is 2.30 bits per heavy atom. The molecule has 0 radical (unpaired) electrons. The van der Waals surface area contributed by atoms with Crippen molar-refractivity contribution in [3.05, 3.63) is 12.4 Å². The monoisotopic (exact) mass is 156 g/mol. The Morgan fingerprint density at radius 1 is 1.50 bits per heavy atom. The molecule has 0 aliphatic carbocycles. The second-order valence-electron chi connectivity index (χ2n) is 3.31. The molecule has 0 unspecified atom stereocenters. The molecule has 0 aliphatic rings. The molecule has 0 aromatic carbocycles. The number of hydrogen-bond donors (Lipinski definition) is 1. The molecule has 0 saturated carbocycles. The van der Waals surface area contributed by atoms with E-state index in [0.717, 1.165) is 4.90 Å². The van der Waals surface area contributed by atoms with Crippen LogP contribution in [0.15, 0.2) is 17.3 Å². The number of hydrogen-bond acceptors (Lipinski definition) is 2. The predicted molar refractivity (Wildman–Crippen MR) is 44.5 cm³/mol. The fourth-order valence-electron chi connectivity index (χ4n) is 0.680. The van der Waals surface area contributed by atoms with Crippen molar-refractivity contribution in [2.45, 2.75) is 31.2 Å². The van der Waals surface area contributed by atoms with E-state index in [9.17, 15) is 0 Å². The normalized spacial score (nSPS) is 12.0. The quantitative estimate of drug-likeness (QED) is 0.568. The molecule has 0 saturated heterocycles. The third-order valence-corrected chi connectivity index (χ3v) is 1.49.